The van der Waals surface area contributed by atoms with Crippen LogP contribution in [-0.4, -0.2) is 34.7 Å². The van der Waals surface area contributed by atoms with E-state index in [2.05, 4.69) is 25.3 Å². The zero-order valence-electron chi connectivity index (χ0n) is 16.4. The summed E-state index contributed by atoms with van der Waals surface area (Å²) in [4.78, 5) is 33.4. The molecule has 3 heterocycles. The van der Waals surface area contributed by atoms with Gasteiger partial charge in [0.25, 0.3) is 11.4 Å². The van der Waals surface area contributed by atoms with Gasteiger partial charge >= 0.3 is 0 Å². The van der Waals surface area contributed by atoms with Gasteiger partial charge < -0.3 is 4.84 Å². The Morgan fingerprint density at radius 2 is 1.70 bits per heavy atom. The number of nitrogens with zero attached hydrogens (tertiary/aromatic N) is 7. The van der Waals surface area contributed by atoms with Gasteiger partial charge in [-0.25, -0.2) is 9.97 Å². The fourth-order valence-electron chi connectivity index (χ4n) is 3.36. The standard InChI is InChI=1S/C21H17N7O2/c1-13-22-15(12-27-14(2)24-17-8-4-3-7-16(17)21(27)29)11-20(23-13)30-28-19-10-6-5-9-18(19)25-26-28/h3-11H,12H2,1-2H3. The summed E-state index contributed by atoms with van der Waals surface area (Å²) in [6, 6.07) is 16.4. The molecule has 0 aliphatic heterocycles. The van der Waals surface area contributed by atoms with E-state index in [1.807, 2.05) is 42.5 Å². The van der Waals surface area contributed by atoms with E-state index in [0.717, 1.165) is 5.52 Å². The molecule has 0 fully saturated rings. The quantitative estimate of drug-likeness (QED) is 0.457. The monoisotopic (exact) mass is 399 g/mol. The van der Waals surface area contributed by atoms with Gasteiger partial charge in [-0.05, 0) is 43.3 Å². The molecule has 0 saturated heterocycles. The van der Waals surface area contributed by atoms with Gasteiger partial charge in [0.1, 0.15) is 22.7 Å². The zero-order chi connectivity index (χ0) is 20.7. The van der Waals surface area contributed by atoms with Gasteiger partial charge in [0.2, 0.25) is 0 Å². The minimum Gasteiger partial charge on any atom is -0.335 e. The predicted octanol–water partition coefficient (Wildman–Crippen LogP) is 2.44. The fourth-order valence-corrected chi connectivity index (χ4v) is 3.36. The third-order valence-electron chi connectivity index (χ3n) is 4.74. The van der Waals surface area contributed by atoms with E-state index < -0.39 is 0 Å². The minimum absolute atomic E-state index is 0.112. The third kappa shape index (κ3) is 3.16. The van der Waals surface area contributed by atoms with Crippen LogP contribution in [0.5, 0.6) is 5.88 Å². The summed E-state index contributed by atoms with van der Waals surface area (Å²) < 4.78 is 1.60. The Labute approximate surface area is 170 Å². The van der Waals surface area contributed by atoms with Crippen molar-refractivity contribution in [1.29, 1.82) is 0 Å². The molecule has 9 nitrogen and oxygen atoms in total. The van der Waals surface area contributed by atoms with Crippen LogP contribution in [-0.2, 0) is 6.54 Å². The van der Waals surface area contributed by atoms with E-state index in [9.17, 15) is 4.79 Å². The molecule has 30 heavy (non-hydrogen) atoms. The van der Waals surface area contributed by atoms with E-state index in [4.69, 9.17) is 4.84 Å². The molecule has 0 radical (unpaired) electrons. The second-order valence-corrected chi connectivity index (χ2v) is 6.85. The Kier molecular flexibility index (Phi) is 4.20. The van der Waals surface area contributed by atoms with Crippen molar-refractivity contribution >= 4 is 21.9 Å². The molecule has 5 aromatic rings. The average Bonchev–Trinajstić information content (AvgIpc) is 3.14. The highest BCUT2D eigenvalue weighted by molar-refractivity contribution is 5.77. The predicted molar refractivity (Wildman–Crippen MR) is 110 cm³/mol. The number of rotatable bonds is 4. The van der Waals surface area contributed by atoms with E-state index in [1.165, 1.54) is 4.85 Å². The molecule has 2 aromatic carbocycles. The van der Waals surface area contributed by atoms with Crippen LogP contribution in [0, 0.1) is 13.8 Å². The van der Waals surface area contributed by atoms with Gasteiger partial charge in [-0.15, -0.1) is 5.10 Å². The third-order valence-corrected chi connectivity index (χ3v) is 4.74. The molecule has 5 rings (SSSR count). The Hall–Kier alpha value is -4.14. The largest absolute Gasteiger partial charge is 0.335 e. The maximum atomic E-state index is 13.0. The van der Waals surface area contributed by atoms with E-state index in [0.29, 0.717) is 39.6 Å². The maximum Gasteiger partial charge on any atom is 0.261 e. The topological polar surface area (TPSA) is 101 Å². The van der Waals surface area contributed by atoms with Crippen LogP contribution < -0.4 is 10.4 Å². The normalized spacial score (nSPS) is 11.3. The Morgan fingerprint density at radius 1 is 0.933 bits per heavy atom. The van der Waals surface area contributed by atoms with Crippen LogP contribution in [0.1, 0.15) is 17.3 Å². The Morgan fingerprint density at radius 3 is 2.57 bits per heavy atom. The molecule has 0 amide bonds. The molecule has 0 spiro atoms. The van der Waals surface area contributed by atoms with Crippen molar-refractivity contribution < 1.29 is 4.84 Å². The first-order valence-corrected chi connectivity index (χ1v) is 9.38. The molecular formula is C21H17N7O2. The van der Waals surface area contributed by atoms with Crippen LogP contribution in [0.3, 0.4) is 0 Å². The van der Waals surface area contributed by atoms with Gasteiger partial charge in [0.05, 0.1) is 23.1 Å². The molecule has 0 atom stereocenters. The summed E-state index contributed by atoms with van der Waals surface area (Å²) in [6.07, 6.45) is 0. The molecule has 9 heteroatoms. The van der Waals surface area contributed by atoms with Gasteiger partial charge in [-0.3, -0.25) is 9.36 Å². The van der Waals surface area contributed by atoms with E-state index in [1.54, 1.807) is 30.5 Å². The number of hydrogen-bond acceptors (Lipinski definition) is 7. The van der Waals surface area contributed by atoms with Gasteiger partial charge in [0.15, 0.2) is 0 Å². The summed E-state index contributed by atoms with van der Waals surface area (Å²) in [5, 5.41) is 8.65. The summed E-state index contributed by atoms with van der Waals surface area (Å²) >= 11 is 0. The van der Waals surface area contributed by atoms with Crippen molar-refractivity contribution in [2.45, 2.75) is 20.4 Å². The second kappa shape index (κ2) is 7.03. The van der Waals surface area contributed by atoms with Crippen LogP contribution >= 0.6 is 0 Å². The molecule has 0 bridgehead atoms. The Balaban J connectivity index is 1.51. The molecule has 3 aromatic heterocycles. The van der Waals surface area contributed by atoms with Crippen molar-refractivity contribution in [3.05, 3.63) is 82.3 Å². The molecule has 148 valence electrons. The number of aromatic nitrogens is 7. The number of aryl methyl sites for hydroxylation is 2. The first kappa shape index (κ1) is 17.9. The molecule has 0 saturated carbocycles. The van der Waals surface area contributed by atoms with E-state index >= 15 is 0 Å². The highest BCUT2D eigenvalue weighted by atomic mass is 16.7. The number of hydrogen-bond donors (Lipinski definition) is 0. The van der Waals surface area contributed by atoms with Crippen LogP contribution in [0.4, 0.5) is 0 Å². The number of para-hydroxylation sites is 2. The highest BCUT2D eigenvalue weighted by Gasteiger charge is 2.12. The lowest BCUT2D eigenvalue weighted by Gasteiger charge is -2.12. The summed E-state index contributed by atoms with van der Waals surface area (Å²) in [5.74, 6) is 1.44. The van der Waals surface area contributed by atoms with Crippen LogP contribution in [0.2, 0.25) is 0 Å². The van der Waals surface area contributed by atoms with E-state index in [-0.39, 0.29) is 12.1 Å². The number of fused-ring (bicyclic) bond motifs is 2. The second-order valence-electron chi connectivity index (χ2n) is 6.85. The fraction of sp³-hybridized carbons (Fsp3) is 0.143. The molecule has 0 aliphatic rings. The lowest BCUT2D eigenvalue weighted by Crippen LogP contribution is -2.25. The number of benzene rings is 2. The lowest BCUT2D eigenvalue weighted by atomic mass is 10.2. The van der Waals surface area contributed by atoms with Crippen molar-refractivity contribution in [3.63, 3.8) is 0 Å². The van der Waals surface area contributed by atoms with Crippen molar-refractivity contribution in [1.82, 2.24) is 34.7 Å². The highest BCUT2D eigenvalue weighted by Crippen LogP contribution is 2.15. The molecular weight excluding hydrogens is 382 g/mol. The molecule has 0 N–H and O–H groups in total. The van der Waals surface area contributed by atoms with Crippen molar-refractivity contribution in [3.8, 4) is 5.88 Å². The van der Waals surface area contributed by atoms with Gasteiger partial charge in [-0.1, -0.05) is 29.1 Å². The first-order valence-electron chi connectivity index (χ1n) is 9.38. The molecule has 0 aliphatic carbocycles. The molecule has 0 unspecified atom stereocenters. The van der Waals surface area contributed by atoms with Crippen molar-refractivity contribution in [2.75, 3.05) is 0 Å². The smallest absolute Gasteiger partial charge is 0.261 e. The average molecular weight is 399 g/mol. The van der Waals surface area contributed by atoms with Gasteiger partial charge in [-0.2, -0.15) is 4.98 Å². The minimum atomic E-state index is -0.112. The SMILES string of the molecule is Cc1nc(Cn2c(C)nc3ccccc3c2=O)cc(On2nnc3ccccc32)n1. The summed E-state index contributed by atoms with van der Waals surface area (Å²) in [6.45, 7) is 3.82. The summed E-state index contributed by atoms with van der Waals surface area (Å²) in [7, 11) is 0. The van der Waals surface area contributed by atoms with Crippen molar-refractivity contribution in [2.24, 2.45) is 0 Å². The van der Waals surface area contributed by atoms with Gasteiger partial charge in [0, 0.05) is 6.07 Å². The lowest BCUT2D eigenvalue weighted by molar-refractivity contribution is 0.175. The van der Waals surface area contributed by atoms with Crippen LogP contribution in [0.15, 0.2) is 59.4 Å². The zero-order valence-corrected chi connectivity index (χ0v) is 16.4. The van der Waals surface area contributed by atoms with Crippen LogP contribution in [0.25, 0.3) is 21.9 Å². The first-order chi connectivity index (χ1) is 14.6. The Bertz CT molecular complexity index is 1460. The summed E-state index contributed by atoms with van der Waals surface area (Å²) in [5.41, 5.74) is 2.63. The maximum absolute atomic E-state index is 13.0.